The fourth-order valence-electron chi connectivity index (χ4n) is 3.88. The van der Waals surface area contributed by atoms with Gasteiger partial charge in [-0.2, -0.15) is 0 Å². The first-order valence-corrected chi connectivity index (χ1v) is 11.2. The Balaban J connectivity index is 1.80. The average molecular weight is 447 g/mol. The van der Waals surface area contributed by atoms with Crippen molar-refractivity contribution in [2.45, 2.75) is 64.6 Å². The minimum atomic E-state index is -0.587. The van der Waals surface area contributed by atoms with Gasteiger partial charge in [0.05, 0.1) is 16.5 Å². The van der Waals surface area contributed by atoms with Crippen LogP contribution in [0.4, 0.5) is 0 Å². The summed E-state index contributed by atoms with van der Waals surface area (Å²) < 4.78 is 0. The normalized spacial score (nSPS) is 15.1. The second-order valence-electron chi connectivity index (χ2n) is 8.04. The van der Waals surface area contributed by atoms with Gasteiger partial charge in [0.15, 0.2) is 0 Å². The van der Waals surface area contributed by atoms with Gasteiger partial charge < -0.3 is 10.2 Å². The molecule has 1 aliphatic rings. The second kappa shape index (κ2) is 10.3. The highest BCUT2D eigenvalue weighted by atomic mass is 35.5. The molecule has 0 aliphatic heterocycles. The molecule has 1 fully saturated rings. The Hall–Kier alpha value is -2.04. The monoisotopic (exact) mass is 446 g/mol. The molecule has 4 nitrogen and oxygen atoms in total. The number of nitrogens with one attached hydrogen (secondary N) is 1. The van der Waals surface area contributed by atoms with E-state index in [4.69, 9.17) is 23.2 Å². The highest BCUT2D eigenvalue weighted by Gasteiger charge is 2.28. The van der Waals surface area contributed by atoms with E-state index in [1.54, 1.807) is 24.0 Å². The predicted molar refractivity (Wildman–Crippen MR) is 122 cm³/mol. The molecule has 0 bridgehead atoms. The number of carbonyl (C=O) groups excluding carboxylic acids is 2. The zero-order valence-corrected chi connectivity index (χ0v) is 19.0. The van der Waals surface area contributed by atoms with Crippen LogP contribution in [0.25, 0.3) is 0 Å². The van der Waals surface area contributed by atoms with Gasteiger partial charge in [-0.15, -0.1) is 0 Å². The third-order valence-electron chi connectivity index (χ3n) is 5.81. The molecular formula is C24H28Cl2N2O2. The van der Waals surface area contributed by atoms with E-state index in [-0.39, 0.29) is 24.3 Å². The summed E-state index contributed by atoms with van der Waals surface area (Å²) in [6, 6.07) is 12.7. The summed E-state index contributed by atoms with van der Waals surface area (Å²) in [6.45, 7) is 4.07. The van der Waals surface area contributed by atoms with Crippen LogP contribution in [0.5, 0.6) is 0 Å². The SMILES string of the molecule is Cc1ccccc1CC(=O)N(Cc1ccc(Cl)c(Cl)c1)[C@@H](C)C(=O)NC1CCCC1. The van der Waals surface area contributed by atoms with E-state index in [0.717, 1.165) is 42.4 Å². The van der Waals surface area contributed by atoms with Crippen molar-refractivity contribution in [2.24, 2.45) is 0 Å². The molecule has 1 saturated carbocycles. The van der Waals surface area contributed by atoms with Crippen molar-refractivity contribution in [1.82, 2.24) is 10.2 Å². The summed E-state index contributed by atoms with van der Waals surface area (Å²) in [6.07, 6.45) is 4.52. The molecule has 2 aromatic rings. The molecule has 0 aromatic heterocycles. The lowest BCUT2D eigenvalue weighted by Crippen LogP contribution is -2.50. The quantitative estimate of drug-likeness (QED) is 0.625. The molecule has 1 N–H and O–H groups in total. The molecule has 2 amide bonds. The van der Waals surface area contributed by atoms with Crippen LogP contribution in [0, 0.1) is 6.92 Å². The smallest absolute Gasteiger partial charge is 0.242 e. The molecule has 3 rings (SSSR count). The minimum Gasteiger partial charge on any atom is -0.352 e. The Morgan fingerprint density at radius 3 is 2.47 bits per heavy atom. The molecule has 30 heavy (non-hydrogen) atoms. The predicted octanol–water partition coefficient (Wildman–Crippen LogP) is 5.32. The van der Waals surface area contributed by atoms with Gasteiger partial charge in [0.2, 0.25) is 11.8 Å². The van der Waals surface area contributed by atoms with Crippen molar-refractivity contribution in [3.8, 4) is 0 Å². The second-order valence-corrected chi connectivity index (χ2v) is 8.85. The number of carbonyl (C=O) groups is 2. The van der Waals surface area contributed by atoms with Gasteiger partial charge >= 0.3 is 0 Å². The lowest BCUT2D eigenvalue weighted by Gasteiger charge is -2.30. The maximum Gasteiger partial charge on any atom is 0.242 e. The molecule has 6 heteroatoms. The zero-order valence-electron chi connectivity index (χ0n) is 17.5. The van der Waals surface area contributed by atoms with Crippen molar-refractivity contribution in [1.29, 1.82) is 0 Å². The number of aryl methyl sites for hydroxylation is 1. The summed E-state index contributed by atoms with van der Waals surface area (Å²) in [5, 5.41) is 4.01. The Labute approximate surface area is 188 Å². The molecule has 0 heterocycles. The molecular weight excluding hydrogens is 419 g/mol. The van der Waals surface area contributed by atoms with Gasteiger partial charge in [-0.05, 0) is 55.5 Å². The van der Waals surface area contributed by atoms with Gasteiger partial charge in [-0.1, -0.05) is 66.4 Å². The first-order chi connectivity index (χ1) is 14.3. The molecule has 0 saturated heterocycles. The van der Waals surface area contributed by atoms with Crippen molar-refractivity contribution in [3.05, 3.63) is 69.2 Å². The molecule has 1 atom stereocenters. The highest BCUT2D eigenvalue weighted by molar-refractivity contribution is 6.42. The van der Waals surface area contributed by atoms with E-state index in [9.17, 15) is 9.59 Å². The Bertz CT molecular complexity index is 910. The summed E-state index contributed by atoms with van der Waals surface area (Å²) in [4.78, 5) is 27.8. The number of hydrogen-bond donors (Lipinski definition) is 1. The maximum atomic E-state index is 13.3. The van der Waals surface area contributed by atoms with Gasteiger partial charge in [-0.25, -0.2) is 0 Å². The van der Waals surface area contributed by atoms with E-state index in [1.807, 2.05) is 37.3 Å². The molecule has 0 radical (unpaired) electrons. The molecule has 2 aromatic carbocycles. The Kier molecular flexibility index (Phi) is 7.79. The largest absolute Gasteiger partial charge is 0.352 e. The maximum absolute atomic E-state index is 13.3. The average Bonchev–Trinajstić information content (AvgIpc) is 3.23. The number of benzene rings is 2. The van der Waals surface area contributed by atoms with E-state index in [2.05, 4.69) is 5.32 Å². The van der Waals surface area contributed by atoms with Crippen LogP contribution in [-0.2, 0) is 22.6 Å². The van der Waals surface area contributed by atoms with Gasteiger partial charge in [-0.3, -0.25) is 9.59 Å². The summed E-state index contributed by atoms with van der Waals surface area (Å²) >= 11 is 12.2. The van der Waals surface area contributed by atoms with Crippen molar-refractivity contribution >= 4 is 35.0 Å². The Morgan fingerprint density at radius 2 is 1.80 bits per heavy atom. The van der Waals surface area contributed by atoms with Gasteiger partial charge in [0.1, 0.15) is 6.04 Å². The Morgan fingerprint density at radius 1 is 1.10 bits per heavy atom. The van der Waals surface area contributed by atoms with Crippen molar-refractivity contribution < 1.29 is 9.59 Å². The summed E-state index contributed by atoms with van der Waals surface area (Å²) in [5.74, 6) is -0.204. The van der Waals surface area contributed by atoms with E-state index in [1.165, 1.54) is 0 Å². The first-order valence-electron chi connectivity index (χ1n) is 10.4. The third-order valence-corrected chi connectivity index (χ3v) is 6.55. The summed E-state index contributed by atoms with van der Waals surface area (Å²) in [7, 11) is 0. The lowest BCUT2D eigenvalue weighted by atomic mass is 10.0. The lowest BCUT2D eigenvalue weighted by molar-refractivity contribution is -0.140. The zero-order chi connectivity index (χ0) is 21.7. The number of rotatable bonds is 7. The number of hydrogen-bond acceptors (Lipinski definition) is 2. The highest BCUT2D eigenvalue weighted by Crippen LogP contribution is 2.24. The van der Waals surface area contributed by atoms with Crippen LogP contribution in [0.1, 0.15) is 49.3 Å². The molecule has 0 spiro atoms. The van der Waals surface area contributed by atoms with Crippen LogP contribution in [0.15, 0.2) is 42.5 Å². The van der Waals surface area contributed by atoms with Gasteiger partial charge in [0, 0.05) is 12.6 Å². The summed E-state index contributed by atoms with van der Waals surface area (Å²) in [5.41, 5.74) is 2.86. The molecule has 160 valence electrons. The van der Waals surface area contributed by atoms with E-state index >= 15 is 0 Å². The van der Waals surface area contributed by atoms with Crippen LogP contribution >= 0.6 is 23.2 Å². The van der Waals surface area contributed by atoms with Gasteiger partial charge in [0.25, 0.3) is 0 Å². The minimum absolute atomic E-state index is 0.0931. The van der Waals surface area contributed by atoms with E-state index < -0.39 is 6.04 Å². The third kappa shape index (κ3) is 5.77. The number of amides is 2. The van der Waals surface area contributed by atoms with Crippen LogP contribution in [-0.4, -0.2) is 28.8 Å². The first kappa shape index (κ1) is 22.6. The fourth-order valence-corrected chi connectivity index (χ4v) is 4.20. The standard InChI is InChI=1S/C24H28Cl2N2O2/c1-16-7-3-4-8-19(16)14-23(29)28(15-18-11-12-21(25)22(26)13-18)17(2)24(30)27-20-9-5-6-10-20/h3-4,7-8,11-13,17,20H,5-6,9-10,14-15H2,1-2H3,(H,27,30)/t17-/m0/s1. The molecule has 1 aliphatic carbocycles. The number of nitrogens with zero attached hydrogens (tertiary/aromatic N) is 1. The van der Waals surface area contributed by atoms with Crippen LogP contribution < -0.4 is 5.32 Å². The van der Waals surface area contributed by atoms with Crippen LogP contribution in [0.3, 0.4) is 0 Å². The van der Waals surface area contributed by atoms with Crippen molar-refractivity contribution in [2.75, 3.05) is 0 Å². The topological polar surface area (TPSA) is 49.4 Å². The van der Waals surface area contributed by atoms with Crippen LogP contribution in [0.2, 0.25) is 10.0 Å². The number of halogens is 2. The molecule has 0 unspecified atom stereocenters. The van der Waals surface area contributed by atoms with Crippen molar-refractivity contribution in [3.63, 3.8) is 0 Å². The fraction of sp³-hybridized carbons (Fsp3) is 0.417. The van der Waals surface area contributed by atoms with E-state index in [0.29, 0.717) is 16.6 Å².